The molecule has 0 atom stereocenters. The minimum atomic E-state index is -1.03. The summed E-state index contributed by atoms with van der Waals surface area (Å²) in [6.07, 6.45) is 3.48. The molecule has 0 fully saturated rings. The molecule has 102 valence electrons. The van der Waals surface area contributed by atoms with Crippen molar-refractivity contribution in [2.24, 2.45) is 0 Å². The van der Waals surface area contributed by atoms with Crippen LogP contribution in [0.25, 0.3) is 0 Å². The Labute approximate surface area is 115 Å². The summed E-state index contributed by atoms with van der Waals surface area (Å²) < 4.78 is 5.67. The van der Waals surface area contributed by atoms with Gasteiger partial charge in [0.15, 0.2) is 0 Å². The number of anilines is 2. The summed E-state index contributed by atoms with van der Waals surface area (Å²) in [5.74, 6) is 0.236. The minimum absolute atomic E-state index is 0.0770. The van der Waals surface area contributed by atoms with E-state index in [1.807, 2.05) is 29.2 Å². The van der Waals surface area contributed by atoms with Crippen LogP contribution in [0.1, 0.15) is 16.8 Å². The molecule has 6 heteroatoms. The number of carbonyl (C=O) groups is 1. The van der Waals surface area contributed by atoms with Crippen molar-refractivity contribution in [2.45, 2.75) is 6.42 Å². The van der Waals surface area contributed by atoms with Crippen molar-refractivity contribution < 1.29 is 14.6 Å². The molecule has 0 saturated heterocycles. The molecular weight excluding hydrogens is 258 g/mol. The Morgan fingerprint density at radius 3 is 2.75 bits per heavy atom. The lowest BCUT2D eigenvalue weighted by Gasteiger charge is -2.21. The third-order valence-electron chi connectivity index (χ3n) is 3.07. The maximum Gasteiger partial charge on any atom is 0.338 e. The van der Waals surface area contributed by atoms with Gasteiger partial charge in [0, 0.05) is 18.9 Å². The number of ether oxygens (including phenoxy) is 1. The molecule has 1 N–H and O–H groups in total. The van der Waals surface area contributed by atoms with E-state index < -0.39 is 5.97 Å². The third-order valence-corrected chi connectivity index (χ3v) is 3.07. The first-order valence-corrected chi connectivity index (χ1v) is 6.30. The predicted octanol–water partition coefficient (Wildman–Crippen LogP) is 2.10. The van der Waals surface area contributed by atoms with Gasteiger partial charge in [-0.2, -0.15) is 0 Å². The van der Waals surface area contributed by atoms with Crippen molar-refractivity contribution in [3.63, 3.8) is 0 Å². The fraction of sp³-hybridized carbons (Fsp3) is 0.214. The van der Waals surface area contributed by atoms with E-state index in [-0.39, 0.29) is 5.56 Å². The first-order chi connectivity index (χ1) is 9.75. The monoisotopic (exact) mass is 271 g/mol. The van der Waals surface area contributed by atoms with E-state index in [2.05, 4.69) is 9.97 Å². The molecule has 0 spiro atoms. The van der Waals surface area contributed by atoms with Crippen LogP contribution >= 0.6 is 0 Å². The van der Waals surface area contributed by atoms with Crippen LogP contribution in [0.5, 0.6) is 5.75 Å². The predicted molar refractivity (Wildman–Crippen MR) is 72.6 cm³/mol. The molecule has 0 saturated carbocycles. The summed E-state index contributed by atoms with van der Waals surface area (Å²) in [5.41, 5.74) is 0.973. The number of carboxylic acid groups (broad SMARTS) is 1. The van der Waals surface area contributed by atoms with Gasteiger partial charge in [-0.05, 0) is 18.6 Å². The number of para-hydroxylation sites is 2. The van der Waals surface area contributed by atoms with E-state index in [1.165, 1.54) is 12.4 Å². The van der Waals surface area contributed by atoms with Gasteiger partial charge in [-0.3, -0.25) is 0 Å². The van der Waals surface area contributed by atoms with Crippen molar-refractivity contribution in [1.82, 2.24) is 9.97 Å². The molecule has 1 aliphatic heterocycles. The lowest BCUT2D eigenvalue weighted by Crippen LogP contribution is -2.20. The highest BCUT2D eigenvalue weighted by atomic mass is 16.5. The highest BCUT2D eigenvalue weighted by Crippen LogP contribution is 2.33. The summed E-state index contributed by atoms with van der Waals surface area (Å²) in [5, 5.41) is 8.88. The smallest absolute Gasteiger partial charge is 0.338 e. The summed E-state index contributed by atoms with van der Waals surface area (Å²) in [4.78, 5) is 21.1. The second-order valence-electron chi connectivity index (χ2n) is 4.40. The molecule has 6 nitrogen and oxygen atoms in total. The van der Waals surface area contributed by atoms with Crippen molar-refractivity contribution in [3.8, 4) is 5.75 Å². The third kappa shape index (κ3) is 2.27. The van der Waals surface area contributed by atoms with Crippen molar-refractivity contribution in [2.75, 3.05) is 18.1 Å². The van der Waals surface area contributed by atoms with Gasteiger partial charge in [0.2, 0.25) is 5.95 Å². The Morgan fingerprint density at radius 1 is 1.25 bits per heavy atom. The van der Waals surface area contributed by atoms with Gasteiger partial charge in [-0.15, -0.1) is 0 Å². The zero-order chi connectivity index (χ0) is 13.9. The van der Waals surface area contributed by atoms with Crippen LogP contribution in [0.2, 0.25) is 0 Å². The lowest BCUT2D eigenvalue weighted by molar-refractivity contribution is 0.0696. The molecule has 1 aromatic heterocycles. The fourth-order valence-corrected chi connectivity index (χ4v) is 2.11. The molecule has 1 aromatic carbocycles. The number of fused-ring (bicyclic) bond motifs is 1. The number of nitrogens with zero attached hydrogens (tertiary/aromatic N) is 3. The van der Waals surface area contributed by atoms with E-state index >= 15 is 0 Å². The van der Waals surface area contributed by atoms with E-state index in [4.69, 9.17) is 9.84 Å². The molecule has 0 radical (unpaired) electrons. The lowest BCUT2D eigenvalue weighted by atomic mass is 10.2. The van der Waals surface area contributed by atoms with Gasteiger partial charge in [0.05, 0.1) is 17.9 Å². The second kappa shape index (κ2) is 5.16. The van der Waals surface area contributed by atoms with Gasteiger partial charge in [0.25, 0.3) is 0 Å². The van der Waals surface area contributed by atoms with E-state index in [0.29, 0.717) is 12.6 Å². The van der Waals surface area contributed by atoms with Crippen LogP contribution in [0.4, 0.5) is 11.6 Å². The van der Waals surface area contributed by atoms with Gasteiger partial charge in [0.1, 0.15) is 5.75 Å². The van der Waals surface area contributed by atoms with Crippen LogP contribution in [0.3, 0.4) is 0 Å². The van der Waals surface area contributed by atoms with Crippen LogP contribution in [-0.2, 0) is 0 Å². The van der Waals surface area contributed by atoms with Gasteiger partial charge in [-0.1, -0.05) is 12.1 Å². The second-order valence-corrected chi connectivity index (χ2v) is 4.40. The Morgan fingerprint density at radius 2 is 2.00 bits per heavy atom. The molecule has 1 aliphatic rings. The van der Waals surface area contributed by atoms with E-state index in [9.17, 15) is 4.79 Å². The van der Waals surface area contributed by atoms with Crippen molar-refractivity contribution in [3.05, 3.63) is 42.2 Å². The Balaban J connectivity index is 1.98. The highest BCUT2D eigenvalue weighted by Gasteiger charge is 2.19. The molecule has 0 bridgehead atoms. The van der Waals surface area contributed by atoms with Crippen LogP contribution < -0.4 is 9.64 Å². The summed E-state index contributed by atoms with van der Waals surface area (Å²) in [7, 11) is 0. The fourth-order valence-electron chi connectivity index (χ4n) is 2.11. The Bertz CT molecular complexity index is 628. The van der Waals surface area contributed by atoms with Gasteiger partial charge >= 0.3 is 5.97 Å². The van der Waals surface area contributed by atoms with Crippen molar-refractivity contribution in [1.29, 1.82) is 0 Å². The van der Waals surface area contributed by atoms with Crippen LogP contribution in [-0.4, -0.2) is 34.2 Å². The van der Waals surface area contributed by atoms with E-state index in [1.54, 1.807) is 0 Å². The Kier molecular flexibility index (Phi) is 3.20. The molecule has 2 aromatic rings. The first-order valence-electron chi connectivity index (χ1n) is 6.30. The van der Waals surface area contributed by atoms with Gasteiger partial charge in [-0.25, -0.2) is 14.8 Å². The molecule has 0 aliphatic carbocycles. The molecular formula is C14H13N3O3. The molecule has 3 rings (SSSR count). The topological polar surface area (TPSA) is 75.5 Å². The number of rotatable bonds is 2. The average molecular weight is 271 g/mol. The number of carboxylic acids is 1. The number of benzene rings is 1. The maximum atomic E-state index is 10.8. The first kappa shape index (κ1) is 12.4. The number of aromatic carboxylic acids is 1. The zero-order valence-electron chi connectivity index (χ0n) is 10.7. The SMILES string of the molecule is O=C(O)c1cnc(N2CCCOc3ccccc32)nc1. The molecule has 20 heavy (non-hydrogen) atoms. The number of hydrogen-bond acceptors (Lipinski definition) is 5. The number of hydrogen-bond donors (Lipinski definition) is 1. The minimum Gasteiger partial charge on any atom is -0.491 e. The molecule has 0 unspecified atom stereocenters. The quantitative estimate of drug-likeness (QED) is 0.901. The molecule has 2 heterocycles. The summed E-state index contributed by atoms with van der Waals surface area (Å²) >= 11 is 0. The zero-order valence-corrected chi connectivity index (χ0v) is 10.7. The van der Waals surface area contributed by atoms with Crippen molar-refractivity contribution >= 4 is 17.6 Å². The Hall–Kier alpha value is -2.63. The van der Waals surface area contributed by atoms with Crippen LogP contribution in [0, 0.1) is 0 Å². The summed E-state index contributed by atoms with van der Waals surface area (Å²) in [6.45, 7) is 1.37. The highest BCUT2D eigenvalue weighted by molar-refractivity contribution is 5.86. The number of aromatic nitrogens is 2. The maximum absolute atomic E-state index is 10.8. The normalized spacial score (nSPS) is 14.1. The van der Waals surface area contributed by atoms with Gasteiger partial charge < -0.3 is 14.7 Å². The molecule has 0 amide bonds. The standard InChI is InChI=1S/C14H13N3O3/c18-13(19)10-8-15-14(16-9-10)17-6-3-7-20-12-5-2-1-4-11(12)17/h1-2,4-5,8-9H,3,6-7H2,(H,18,19). The largest absolute Gasteiger partial charge is 0.491 e. The average Bonchev–Trinajstić information content (AvgIpc) is 2.69. The van der Waals surface area contributed by atoms with E-state index in [0.717, 1.165) is 24.4 Å². The summed E-state index contributed by atoms with van der Waals surface area (Å²) in [6, 6.07) is 7.68. The van der Waals surface area contributed by atoms with Crippen LogP contribution in [0.15, 0.2) is 36.7 Å².